The fraction of sp³-hybridized carbons (Fsp3) is 0.0714. The van der Waals surface area contributed by atoms with Crippen molar-refractivity contribution in [2.45, 2.75) is 0 Å². The largest absolute Gasteiger partial charge is 0.494 e. The van der Waals surface area contributed by atoms with Crippen molar-refractivity contribution in [3.63, 3.8) is 0 Å². The van der Waals surface area contributed by atoms with E-state index in [0.717, 1.165) is 0 Å². The Morgan fingerprint density at radius 1 is 1.22 bits per heavy atom. The van der Waals surface area contributed by atoms with Crippen molar-refractivity contribution >= 4 is 17.4 Å². The average molecular weight is 265 g/mol. The van der Waals surface area contributed by atoms with E-state index in [1.54, 1.807) is 24.3 Å². The number of halogens is 2. The van der Waals surface area contributed by atoms with Gasteiger partial charge in [0.15, 0.2) is 17.3 Å². The quantitative estimate of drug-likeness (QED) is 0.790. The highest BCUT2D eigenvalue weighted by molar-refractivity contribution is 6.34. The summed E-state index contributed by atoms with van der Waals surface area (Å²) in [5, 5.41) is 0.366. The first-order valence-electron chi connectivity index (χ1n) is 5.26. The van der Waals surface area contributed by atoms with E-state index in [-0.39, 0.29) is 11.5 Å². The van der Waals surface area contributed by atoms with Crippen molar-refractivity contribution in [1.82, 2.24) is 0 Å². The summed E-state index contributed by atoms with van der Waals surface area (Å²) in [5.74, 6) is -0.736. The van der Waals surface area contributed by atoms with E-state index in [1.165, 1.54) is 25.3 Å². The van der Waals surface area contributed by atoms with Crippen LogP contribution in [0.4, 0.5) is 4.39 Å². The van der Waals surface area contributed by atoms with Crippen molar-refractivity contribution in [3.8, 4) is 5.75 Å². The maximum Gasteiger partial charge on any atom is 0.194 e. The maximum absolute atomic E-state index is 13.3. The van der Waals surface area contributed by atoms with Crippen LogP contribution in [0.5, 0.6) is 5.75 Å². The Kier molecular flexibility index (Phi) is 3.63. The number of ketones is 1. The first-order valence-corrected chi connectivity index (χ1v) is 5.64. The molecule has 0 saturated carbocycles. The van der Waals surface area contributed by atoms with Gasteiger partial charge in [0, 0.05) is 11.1 Å². The third-order valence-electron chi connectivity index (χ3n) is 2.53. The van der Waals surface area contributed by atoms with E-state index in [1.807, 2.05) is 0 Å². The lowest BCUT2D eigenvalue weighted by molar-refractivity contribution is 0.103. The number of carbonyl (C=O) groups excluding carboxylic acids is 1. The van der Waals surface area contributed by atoms with E-state index in [0.29, 0.717) is 16.1 Å². The molecule has 0 aromatic heterocycles. The lowest BCUT2D eigenvalue weighted by atomic mass is 10.0. The molecule has 0 spiro atoms. The molecule has 0 unspecified atom stereocenters. The molecule has 0 heterocycles. The fourth-order valence-electron chi connectivity index (χ4n) is 1.60. The molecule has 2 aromatic carbocycles. The van der Waals surface area contributed by atoms with Gasteiger partial charge in [-0.3, -0.25) is 4.79 Å². The highest BCUT2D eigenvalue weighted by Crippen LogP contribution is 2.23. The summed E-state index contributed by atoms with van der Waals surface area (Å²) >= 11 is 5.95. The summed E-state index contributed by atoms with van der Waals surface area (Å²) in [6.07, 6.45) is 0. The van der Waals surface area contributed by atoms with Crippen LogP contribution in [0.1, 0.15) is 15.9 Å². The van der Waals surface area contributed by atoms with E-state index in [2.05, 4.69) is 0 Å². The van der Waals surface area contributed by atoms with Crippen LogP contribution in [0, 0.1) is 5.82 Å². The smallest absolute Gasteiger partial charge is 0.194 e. The Morgan fingerprint density at radius 3 is 2.61 bits per heavy atom. The number of benzene rings is 2. The molecule has 0 aliphatic rings. The first kappa shape index (κ1) is 12.6. The van der Waals surface area contributed by atoms with Gasteiger partial charge < -0.3 is 4.74 Å². The minimum atomic E-state index is -0.506. The molecule has 0 aliphatic heterocycles. The zero-order valence-electron chi connectivity index (χ0n) is 9.61. The van der Waals surface area contributed by atoms with Gasteiger partial charge in [0.25, 0.3) is 0 Å². The molecule has 2 aromatic rings. The van der Waals surface area contributed by atoms with Gasteiger partial charge in [-0.25, -0.2) is 4.39 Å². The van der Waals surface area contributed by atoms with Crippen LogP contribution in [-0.4, -0.2) is 12.9 Å². The molecular formula is C14H10ClFO2. The highest BCUT2D eigenvalue weighted by Gasteiger charge is 2.14. The first-order chi connectivity index (χ1) is 8.63. The van der Waals surface area contributed by atoms with E-state index in [9.17, 15) is 9.18 Å². The Hall–Kier alpha value is -1.87. The molecule has 2 rings (SSSR count). The van der Waals surface area contributed by atoms with Crippen molar-refractivity contribution in [2.75, 3.05) is 7.11 Å². The summed E-state index contributed by atoms with van der Waals surface area (Å²) < 4.78 is 18.1. The summed E-state index contributed by atoms with van der Waals surface area (Å²) in [5.41, 5.74) is 0.717. The lowest BCUT2D eigenvalue weighted by Gasteiger charge is -2.06. The number of ether oxygens (including phenoxy) is 1. The monoisotopic (exact) mass is 264 g/mol. The third-order valence-corrected chi connectivity index (χ3v) is 2.86. The Balaban J connectivity index is 2.44. The molecule has 4 heteroatoms. The van der Waals surface area contributed by atoms with Gasteiger partial charge in [0.05, 0.1) is 12.1 Å². The van der Waals surface area contributed by atoms with E-state index in [4.69, 9.17) is 16.3 Å². The van der Waals surface area contributed by atoms with Gasteiger partial charge in [-0.1, -0.05) is 23.7 Å². The fourth-order valence-corrected chi connectivity index (χ4v) is 1.82. The molecule has 0 bridgehead atoms. The van der Waals surface area contributed by atoms with E-state index >= 15 is 0 Å². The Bertz CT molecular complexity index is 596. The van der Waals surface area contributed by atoms with Crippen molar-refractivity contribution in [1.29, 1.82) is 0 Å². The lowest BCUT2D eigenvalue weighted by Crippen LogP contribution is -2.03. The summed E-state index contributed by atoms with van der Waals surface area (Å²) in [7, 11) is 1.35. The van der Waals surface area contributed by atoms with Gasteiger partial charge >= 0.3 is 0 Å². The molecule has 2 nitrogen and oxygen atoms in total. The molecule has 18 heavy (non-hydrogen) atoms. The van der Waals surface area contributed by atoms with Crippen LogP contribution >= 0.6 is 11.6 Å². The van der Waals surface area contributed by atoms with Gasteiger partial charge in [-0.15, -0.1) is 0 Å². The summed E-state index contributed by atoms with van der Waals surface area (Å²) in [6.45, 7) is 0. The number of hydrogen-bond acceptors (Lipinski definition) is 2. The highest BCUT2D eigenvalue weighted by atomic mass is 35.5. The zero-order valence-corrected chi connectivity index (χ0v) is 10.4. The standard InChI is InChI=1S/C14H10ClFO2/c1-18-13-8-9(6-7-12(13)16)14(17)10-4-2-3-5-11(10)15/h2-8H,1H3. The maximum atomic E-state index is 13.3. The number of methoxy groups -OCH3 is 1. The van der Waals surface area contributed by atoms with Gasteiger partial charge in [0.1, 0.15) is 0 Å². The third kappa shape index (κ3) is 2.36. The topological polar surface area (TPSA) is 26.3 Å². The van der Waals surface area contributed by atoms with Gasteiger partial charge in [-0.2, -0.15) is 0 Å². The number of rotatable bonds is 3. The molecule has 0 atom stereocenters. The molecule has 0 N–H and O–H groups in total. The van der Waals surface area contributed by atoms with Crippen molar-refractivity contribution in [2.24, 2.45) is 0 Å². The van der Waals surface area contributed by atoms with Crippen LogP contribution in [0.3, 0.4) is 0 Å². The number of hydrogen-bond donors (Lipinski definition) is 0. The molecular weight excluding hydrogens is 255 g/mol. The molecule has 0 aliphatic carbocycles. The summed E-state index contributed by atoms with van der Waals surface area (Å²) in [4.78, 5) is 12.2. The van der Waals surface area contributed by atoms with Crippen LogP contribution in [0.15, 0.2) is 42.5 Å². The molecule has 92 valence electrons. The van der Waals surface area contributed by atoms with Crippen LogP contribution in [0.25, 0.3) is 0 Å². The van der Waals surface area contributed by atoms with Crippen LogP contribution in [0.2, 0.25) is 5.02 Å². The predicted molar refractivity (Wildman–Crippen MR) is 67.8 cm³/mol. The van der Waals surface area contributed by atoms with Gasteiger partial charge in [-0.05, 0) is 30.3 Å². The second-order valence-corrected chi connectivity index (χ2v) is 4.07. The van der Waals surface area contributed by atoms with Crippen LogP contribution in [-0.2, 0) is 0 Å². The van der Waals surface area contributed by atoms with Gasteiger partial charge in [0.2, 0.25) is 0 Å². The molecule has 0 fully saturated rings. The normalized spacial score (nSPS) is 10.2. The van der Waals surface area contributed by atoms with Crippen LogP contribution < -0.4 is 4.74 Å². The predicted octanol–water partition coefficient (Wildman–Crippen LogP) is 3.72. The van der Waals surface area contributed by atoms with Crippen molar-refractivity contribution < 1.29 is 13.9 Å². The Morgan fingerprint density at radius 2 is 1.94 bits per heavy atom. The molecule has 0 saturated heterocycles. The molecule has 0 amide bonds. The minimum Gasteiger partial charge on any atom is -0.494 e. The number of carbonyl (C=O) groups is 1. The second kappa shape index (κ2) is 5.19. The average Bonchev–Trinajstić information content (AvgIpc) is 2.39. The zero-order chi connectivity index (χ0) is 13.1. The van der Waals surface area contributed by atoms with Crippen molar-refractivity contribution in [3.05, 3.63) is 64.4 Å². The minimum absolute atomic E-state index is 0.0351. The Labute approximate surface area is 109 Å². The molecule has 0 radical (unpaired) electrons. The second-order valence-electron chi connectivity index (χ2n) is 3.66. The SMILES string of the molecule is COc1cc(C(=O)c2ccccc2Cl)ccc1F. The van der Waals surface area contributed by atoms with E-state index < -0.39 is 5.82 Å². The summed E-state index contributed by atoms with van der Waals surface area (Å²) in [6, 6.07) is 10.7.